The second-order valence-electron chi connectivity index (χ2n) is 7.73. The molecule has 2 aromatic heterocycles. The van der Waals surface area contributed by atoms with Crippen molar-refractivity contribution in [2.45, 2.75) is 59.7 Å². The van der Waals surface area contributed by atoms with Gasteiger partial charge in [-0.1, -0.05) is 0 Å². The first-order valence-corrected chi connectivity index (χ1v) is 9.86. The molecule has 8 nitrogen and oxygen atoms in total. The van der Waals surface area contributed by atoms with Crippen molar-refractivity contribution >= 4 is 11.7 Å². The van der Waals surface area contributed by atoms with Crippen LogP contribution in [-0.4, -0.2) is 57.6 Å². The Hall–Kier alpha value is -2.48. The molecule has 0 saturated carbocycles. The van der Waals surface area contributed by atoms with Crippen molar-refractivity contribution in [3.63, 3.8) is 0 Å². The topological polar surface area (TPSA) is 88.0 Å². The van der Waals surface area contributed by atoms with E-state index >= 15 is 0 Å². The molecule has 2 aromatic rings. The SMILES string of the molecule is CNC(=O)c1nc(C)c(C)c(N2CC[C@@H](NC(C)Cn3cnc(C)c3C)C2)n1. The number of amides is 1. The fourth-order valence-electron chi connectivity index (χ4n) is 3.70. The maximum Gasteiger partial charge on any atom is 0.288 e. The maximum atomic E-state index is 12.0. The van der Waals surface area contributed by atoms with Crippen LogP contribution in [0.5, 0.6) is 0 Å². The van der Waals surface area contributed by atoms with Crippen molar-refractivity contribution in [1.29, 1.82) is 0 Å². The number of carbonyl (C=O) groups is 1. The molecule has 1 saturated heterocycles. The van der Waals surface area contributed by atoms with E-state index in [9.17, 15) is 4.79 Å². The van der Waals surface area contributed by atoms with E-state index in [1.165, 1.54) is 5.69 Å². The number of nitrogens with zero attached hydrogens (tertiary/aromatic N) is 5. The maximum absolute atomic E-state index is 12.0. The Morgan fingerprint density at radius 2 is 2.00 bits per heavy atom. The Labute approximate surface area is 166 Å². The number of imidazole rings is 1. The van der Waals surface area contributed by atoms with Crippen molar-refractivity contribution in [2.24, 2.45) is 0 Å². The lowest BCUT2D eigenvalue weighted by Crippen LogP contribution is -2.41. The van der Waals surface area contributed by atoms with E-state index in [4.69, 9.17) is 0 Å². The molecule has 1 unspecified atom stereocenters. The van der Waals surface area contributed by atoms with Crippen LogP contribution < -0.4 is 15.5 Å². The van der Waals surface area contributed by atoms with Crippen LogP contribution in [0, 0.1) is 27.7 Å². The Balaban J connectivity index is 1.66. The summed E-state index contributed by atoms with van der Waals surface area (Å²) in [4.78, 5) is 27.5. The van der Waals surface area contributed by atoms with Gasteiger partial charge in [-0.15, -0.1) is 0 Å². The van der Waals surface area contributed by atoms with Crippen LogP contribution in [0.3, 0.4) is 0 Å². The molecule has 152 valence electrons. The number of hydrogen-bond donors (Lipinski definition) is 2. The zero-order valence-electron chi connectivity index (χ0n) is 17.7. The third-order valence-corrected chi connectivity index (χ3v) is 5.62. The molecule has 2 atom stereocenters. The lowest BCUT2D eigenvalue weighted by Gasteiger charge is -2.23. The zero-order valence-corrected chi connectivity index (χ0v) is 17.7. The third-order valence-electron chi connectivity index (χ3n) is 5.62. The predicted molar refractivity (Wildman–Crippen MR) is 110 cm³/mol. The van der Waals surface area contributed by atoms with E-state index < -0.39 is 0 Å². The van der Waals surface area contributed by atoms with E-state index in [0.717, 1.165) is 48.8 Å². The highest BCUT2D eigenvalue weighted by atomic mass is 16.2. The van der Waals surface area contributed by atoms with E-state index in [2.05, 4.69) is 48.9 Å². The van der Waals surface area contributed by atoms with Gasteiger partial charge in [0, 0.05) is 55.7 Å². The molecule has 0 spiro atoms. The Kier molecular flexibility index (Phi) is 5.98. The highest BCUT2D eigenvalue weighted by molar-refractivity contribution is 5.90. The predicted octanol–water partition coefficient (Wildman–Crippen LogP) is 1.52. The molecule has 0 bridgehead atoms. The third kappa shape index (κ3) is 4.16. The van der Waals surface area contributed by atoms with Gasteiger partial charge in [0.05, 0.1) is 12.0 Å². The van der Waals surface area contributed by atoms with Crippen molar-refractivity contribution in [2.75, 3.05) is 25.0 Å². The van der Waals surface area contributed by atoms with E-state index in [0.29, 0.717) is 12.1 Å². The van der Waals surface area contributed by atoms with Gasteiger partial charge in [-0.25, -0.2) is 15.0 Å². The van der Waals surface area contributed by atoms with Crippen LogP contribution in [0.15, 0.2) is 6.33 Å². The van der Waals surface area contributed by atoms with Crippen molar-refractivity contribution in [3.8, 4) is 0 Å². The van der Waals surface area contributed by atoms with E-state index in [-0.39, 0.29) is 11.7 Å². The Morgan fingerprint density at radius 1 is 1.25 bits per heavy atom. The molecule has 1 aliphatic rings. The second-order valence-corrected chi connectivity index (χ2v) is 7.73. The summed E-state index contributed by atoms with van der Waals surface area (Å²) in [6, 6.07) is 0.727. The van der Waals surface area contributed by atoms with Gasteiger partial charge in [-0.3, -0.25) is 4.79 Å². The largest absolute Gasteiger partial charge is 0.355 e. The van der Waals surface area contributed by atoms with Crippen LogP contribution in [0.2, 0.25) is 0 Å². The van der Waals surface area contributed by atoms with Crippen LogP contribution in [0.4, 0.5) is 5.82 Å². The van der Waals surface area contributed by atoms with Crippen molar-refractivity contribution in [3.05, 3.63) is 34.8 Å². The number of aryl methyl sites for hydroxylation is 2. The number of carbonyl (C=O) groups excluding carboxylic acids is 1. The Bertz CT molecular complexity index is 860. The molecule has 1 aliphatic heterocycles. The van der Waals surface area contributed by atoms with Gasteiger partial charge in [-0.05, 0) is 41.0 Å². The number of nitrogens with one attached hydrogen (secondary N) is 2. The normalized spacial score (nSPS) is 17.8. The summed E-state index contributed by atoms with van der Waals surface area (Å²) in [6.07, 6.45) is 2.96. The molecule has 1 fully saturated rings. The van der Waals surface area contributed by atoms with Gasteiger partial charge < -0.3 is 20.1 Å². The molecule has 2 N–H and O–H groups in total. The van der Waals surface area contributed by atoms with Crippen LogP contribution in [0.1, 0.15) is 46.6 Å². The fourth-order valence-corrected chi connectivity index (χ4v) is 3.70. The molecule has 0 aromatic carbocycles. The molecule has 8 heteroatoms. The molecule has 3 heterocycles. The van der Waals surface area contributed by atoms with Gasteiger partial charge in [0.25, 0.3) is 5.91 Å². The number of anilines is 1. The first-order valence-electron chi connectivity index (χ1n) is 9.86. The van der Waals surface area contributed by atoms with Gasteiger partial charge in [0.2, 0.25) is 5.82 Å². The molecule has 3 rings (SSSR count). The first kappa shape index (κ1) is 20.3. The smallest absolute Gasteiger partial charge is 0.288 e. The fraction of sp³-hybridized carbons (Fsp3) is 0.600. The lowest BCUT2D eigenvalue weighted by atomic mass is 10.2. The average molecular weight is 386 g/mol. The lowest BCUT2D eigenvalue weighted by molar-refractivity contribution is 0.0952. The summed E-state index contributed by atoms with van der Waals surface area (Å²) >= 11 is 0. The minimum Gasteiger partial charge on any atom is -0.355 e. The minimum atomic E-state index is -0.252. The van der Waals surface area contributed by atoms with Gasteiger partial charge in [-0.2, -0.15) is 0 Å². The molecule has 0 radical (unpaired) electrons. The average Bonchev–Trinajstić information content (AvgIpc) is 3.25. The summed E-state index contributed by atoms with van der Waals surface area (Å²) < 4.78 is 2.20. The summed E-state index contributed by atoms with van der Waals surface area (Å²) in [7, 11) is 1.60. The van der Waals surface area contributed by atoms with E-state index in [1.807, 2.05) is 27.1 Å². The second kappa shape index (κ2) is 8.26. The summed E-state index contributed by atoms with van der Waals surface area (Å²) in [6.45, 7) is 13.0. The van der Waals surface area contributed by atoms with E-state index in [1.54, 1.807) is 7.05 Å². The summed E-state index contributed by atoms with van der Waals surface area (Å²) in [5.41, 5.74) is 4.18. The monoisotopic (exact) mass is 385 g/mol. The highest BCUT2D eigenvalue weighted by Crippen LogP contribution is 2.24. The van der Waals surface area contributed by atoms with Crippen LogP contribution in [0.25, 0.3) is 0 Å². The molecule has 0 aliphatic carbocycles. The molecule has 28 heavy (non-hydrogen) atoms. The number of rotatable bonds is 6. The van der Waals surface area contributed by atoms with Gasteiger partial charge >= 0.3 is 0 Å². The number of aromatic nitrogens is 4. The standard InChI is InChI=1S/C20H31N7O/c1-12(9-27-11-22-15(4)16(27)5)23-17-7-8-26(10-17)19-13(2)14(3)24-18(25-19)20(28)21-6/h11-12,17,23H,7-10H2,1-6H3,(H,21,28)/t12?,17-/m1/s1. The highest BCUT2D eigenvalue weighted by Gasteiger charge is 2.27. The molecular weight excluding hydrogens is 354 g/mol. The van der Waals surface area contributed by atoms with Crippen molar-refractivity contribution in [1.82, 2.24) is 30.2 Å². The van der Waals surface area contributed by atoms with Crippen LogP contribution in [-0.2, 0) is 6.54 Å². The van der Waals surface area contributed by atoms with Gasteiger partial charge in [0.1, 0.15) is 5.82 Å². The zero-order chi connectivity index (χ0) is 20.4. The van der Waals surface area contributed by atoms with Crippen molar-refractivity contribution < 1.29 is 4.79 Å². The minimum absolute atomic E-state index is 0.233. The molecular formula is C20H31N7O. The summed E-state index contributed by atoms with van der Waals surface area (Å²) in [5.74, 6) is 0.846. The quantitative estimate of drug-likeness (QED) is 0.784. The van der Waals surface area contributed by atoms with Crippen LogP contribution >= 0.6 is 0 Å². The summed E-state index contributed by atoms with van der Waals surface area (Å²) in [5, 5.41) is 6.34. The Morgan fingerprint density at radius 3 is 2.64 bits per heavy atom. The molecule has 1 amide bonds. The first-order chi connectivity index (χ1) is 13.3. The van der Waals surface area contributed by atoms with Gasteiger partial charge in [0.15, 0.2) is 0 Å². The number of hydrogen-bond acceptors (Lipinski definition) is 6.